The molecule has 33 heavy (non-hydrogen) atoms. The number of hydrogen-bond donors (Lipinski definition) is 1. The van der Waals surface area contributed by atoms with Crippen LogP contribution in [-0.4, -0.2) is 47.7 Å². The minimum absolute atomic E-state index is 0.0637. The number of nitrogens with zero attached hydrogens (tertiary/aromatic N) is 3. The largest absolute Gasteiger partial charge is 0.484 e. The Morgan fingerprint density at radius 2 is 1.91 bits per heavy atom. The summed E-state index contributed by atoms with van der Waals surface area (Å²) in [7, 11) is -3.47. The summed E-state index contributed by atoms with van der Waals surface area (Å²) in [5.41, 5.74) is 1.60. The van der Waals surface area contributed by atoms with Crippen LogP contribution in [0.1, 0.15) is 24.3 Å². The number of ether oxygens (including phenoxy) is 1. The Morgan fingerprint density at radius 1 is 1.15 bits per heavy atom. The van der Waals surface area contributed by atoms with Gasteiger partial charge in [-0.25, -0.2) is 8.42 Å². The van der Waals surface area contributed by atoms with Crippen molar-refractivity contribution >= 4 is 33.4 Å². The first-order valence-electron chi connectivity index (χ1n) is 10.4. The third-order valence-electron chi connectivity index (χ3n) is 4.97. The first-order chi connectivity index (χ1) is 15.9. The molecule has 0 unspecified atom stereocenters. The van der Waals surface area contributed by atoms with E-state index >= 15 is 0 Å². The molecule has 2 heterocycles. The zero-order valence-electron chi connectivity index (χ0n) is 18.1. The van der Waals surface area contributed by atoms with Crippen molar-refractivity contribution in [3.63, 3.8) is 0 Å². The van der Waals surface area contributed by atoms with Gasteiger partial charge in [0.15, 0.2) is 6.61 Å². The summed E-state index contributed by atoms with van der Waals surface area (Å²) >= 11 is 1.11. The van der Waals surface area contributed by atoms with Crippen molar-refractivity contribution in [2.75, 3.05) is 24.2 Å². The highest BCUT2D eigenvalue weighted by Crippen LogP contribution is 2.23. The smallest absolute Gasteiger partial charge is 0.277 e. The molecule has 1 aliphatic rings. The molecule has 174 valence electrons. The molecule has 1 amide bonds. The second-order valence-electron chi connectivity index (χ2n) is 7.54. The molecule has 1 aliphatic heterocycles. The maximum Gasteiger partial charge on any atom is 0.277 e. The molecule has 9 nitrogen and oxygen atoms in total. The van der Waals surface area contributed by atoms with Crippen LogP contribution in [0.2, 0.25) is 0 Å². The van der Waals surface area contributed by atoms with Gasteiger partial charge in [0.2, 0.25) is 15.9 Å². The molecule has 3 aromatic rings. The summed E-state index contributed by atoms with van der Waals surface area (Å²) in [5, 5.41) is 10.8. The molecule has 0 aliphatic carbocycles. The monoisotopic (exact) mass is 488 g/mol. The van der Waals surface area contributed by atoms with Crippen molar-refractivity contribution in [1.29, 1.82) is 0 Å². The number of rotatable bonds is 9. The number of carbonyl (C=O) groups is 1. The minimum atomic E-state index is -3.47. The van der Waals surface area contributed by atoms with E-state index in [1.807, 2.05) is 31.2 Å². The molecule has 0 atom stereocenters. The highest BCUT2D eigenvalue weighted by atomic mass is 32.2. The number of thioether (sulfide) groups is 1. The third kappa shape index (κ3) is 6.12. The third-order valence-corrected chi connectivity index (χ3v) is 7.70. The maximum absolute atomic E-state index is 12.6. The van der Waals surface area contributed by atoms with Crippen LogP contribution in [-0.2, 0) is 21.4 Å². The van der Waals surface area contributed by atoms with Gasteiger partial charge >= 0.3 is 0 Å². The molecule has 0 saturated carbocycles. The molecule has 0 radical (unpaired) electrons. The van der Waals surface area contributed by atoms with Crippen molar-refractivity contribution in [1.82, 2.24) is 14.5 Å². The molecular weight excluding hydrogens is 464 g/mol. The van der Waals surface area contributed by atoms with Gasteiger partial charge in [0, 0.05) is 18.8 Å². The van der Waals surface area contributed by atoms with Crippen molar-refractivity contribution in [3.05, 3.63) is 60.0 Å². The molecule has 4 rings (SSSR count). The second kappa shape index (κ2) is 10.4. The van der Waals surface area contributed by atoms with E-state index in [9.17, 15) is 13.2 Å². The zero-order valence-corrected chi connectivity index (χ0v) is 19.7. The van der Waals surface area contributed by atoms with E-state index in [-0.39, 0.29) is 28.4 Å². The second-order valence-corrected chi connectivity index (χ2v) is 10.4. The Morgan fingerprint density at radius 3 is 2.64 bits per heavy atom. The number of amides is 1. The molecule has 2 aromatic carbocycles. The number of sulfonamides is 1. The lowest BCUT2D eigenvalue weighted by molar-refractivity contribution is -0.113. The van der Waals surface area contributed by atoms with Gasteiger partial charge in [0.1, 0.15) is 5.75 Å². The molecule has 1 aromatic heterocycles. The highest BCUT2D eigenvalue weighted by molar-refractivity contribution is 7.99. The number of aryl methyl sites for hydroxylation is 1. The zero-order chi connectivity index (χ0) is 23.3. The molecular formula is C22H24N4O5S2. The summed E-state index contributed by atoms with van der Waals surface area (Å²) in [5.74, 6) is 0.815. The van der Waals surface area contributed by atoms with Crippen LogP contribution >= 0.6 is 11.8 Å². The Bertz CT molecular complexity index is 1210. The van der Waals surface area contributed by atoms with Gasteiger partial charge in [-0.15, -0.1) is 10.2 Å². The van der Waals surface area contributed by atoms with Crippen LogP contribution in [0.15, 0.2) is 63.1 Å². The number of hydrogen-bond acceptors (Lipinski definition) is 8. The predicted octanol–water partition coefficient (Wildman–Crippen LogP) is 3.47. The van der Waals surface area contributed by atoms with Crippen molar-refractivity contribution in [2.24, 2.45) is 0 Å². The van der Waals surface area contributed by atoms with Crippen LogP contribution in [0.5, 0.6) is 5.75 Å². The van der Waals surface area contributed by atoms with E-state index in [1.165, 1.54) is 16.4 Å². The Kier molecular flexibility index (Phi) is 7.31. The lowest BCUT2D eigenvalue weighted by atomic mass is 10.2. The Labute approximate surface area is 196 Å². The SMILES string of the molecule is Cc1cccc(OCc2nnc(SCC(=O)Nc3ccc(S(=O)(=O)N4CCCC4)cc3)o2)c1. The van der Waals surface area contributed by atoms with Gasteiger partial charge in [-0.3, -0.25) is 4.79 Å². The summed E-state index contributed by atoms with van der Waals surface area (Å²) < 4.78 is 37.8. The van der Waals surface area contributed by atoms with Crippen LogP contribution in [0, 0.1) is 6.92 Å². The van der Waals surface area contributed by atoms with E-state index in [0.29, 0.717) is 30.4 Å². The van der Waals surface area contributed by atoms with E-state index in [2.05, 4.69) is 15.5 Å². The molecule has 1 saturated heterocycles. The first-order valence-corrected chi connectivity index (χ1v) is 12.9. The molecule has 11 heteroatoms. The Hall–Kier alpha value is -2.89. The highest BCUT2D eigenvalue weighted by Gasteiger charge is 2.26. The fraction of sp³-hybridized carbons (Fsp3) is 0.318. The van der Waals surface area contributed by atoms with E-state index in [4.69, 9.17) is 9.15 Å². The molecule has 0 bridgehead atoms. The maximum atomic E-state index is 12.6. The van der Waals surface area contributed by atoms with Crippen LogP contribution in [0.3, 0.4) is 0 Å². The van der Waals surface area contributed by atoms with Gasteiger partial charge in [0.25, 0.3) is 11.1 Å². The van der Waals surface area contributed by atoms with Gasteiger partial charge < -0.3 is 14.5 Å². The number of carbonyl (C=O) groups excluding carboxylic acids is 1. The van der Waals surface area contributed by atoms with Crippen molar-refractivity contribution in [2.45, 2.75) is 36.5 Å². The van der Waals surface area contributed by atoms with E-state index in [1.54, 1.807) is 12.1 Å². The summed E-state index contributed by atoms with van der Waals surface area (Å²) in [6.45, 7) is 3.21. The fourth-order valence-corrected chi connectivity index (χ4v) is 5.41. The molecule has 1 fully saturated rings. The summed E-state index contributed by atoms with van der Waals surface area (Å²) in [6, 6.07) is 13.8. The van der Waals surface area contributed by atoms with E-state index in [0.717, 1.165) is 30.2 Å². The number of nitrogens with one attached hydrogen (secondary N) is 1. The quantitative estimate of drug-likeness (QED) is 0.455. The average Bonchev–Trinajstić information content (AvgIpc) is 3.50. The lowest BCUT2D eigenvalue weighted by Gasteiger charge is -2.15. The normalized spacial score (nSPS) is 14.3. The van der Waals surface area contributed by atoms with Gasteiger partial charge in [0.05, 0.1) is 10.6 Å². The van der Waals surface area contributed by atoms with E-state index < -0.39 is 10.0 Å². The van der Waals surface area contributed by atoms with Gasteiger partial charge in [-0.2, -0.15) is 4.31 Å². The minimum Gasteiger partial charge on any atom is -0.484 e. The molecule has 0 spiro atoms. The topological polar surface area (TPSA) is 115 Å². The van der Waals surface area contributed by atoms with Gasteiger partial charge in [-0.1, -0.05) is 23.9 Å². The predicted molar refractivity (Wildman–Crippen MR) is 124 cm³/mol. The van der Waals surface area contributed by atoms with Crippen LogP contribution in [0.4, 0.5) is 5.69 Å². The van der Waals surface area contributed by atoms with Crippen LogP contribution < -0.4 is 10.1 Å². The summed E-state index contributed by atoms with van der Waals surface area (Å²) in [4.78, 5) is 12.5. The summed E-state index contributed by atoms with van der Waals surface area (Å²) in [6.07, 6.45) is 1.76. The van der Waals surface area contributed by atoms with Crippen molar-refractivity contribution < 1.29 is 22.4 Å². The molecule has 1 N–H and O–H groups in total. The average molecular weight is 489 g/mol. The standard InChI is InChI=1S/C22H24N4O5S2/c1-16-5-4-6-18(13-16)30-14-21-24-25-22(31-21)32-15-20(27)23-17-7-9-19(10-8-17)33(28,29)26-11-2-3-12-26/h4-10,13H,2-3,11-12,14-15H2,1H3,(H,23,27). The number of anilines is 1. The fourth-order valence-electron chi connectivity index (χ4n) is 3.32. The number of benzene rings is 2. The number of aromatic nitrogens is 2. The van der Waals surface area contributed by atoms with Gasteiger partial charge in [-0.05, 0) is 61.7 Å². The van der Waals surface area contributed by atoms with Crippen molar-refractivity contribution in [3.8, 4) is 5.75 Å². The first kappa shape index (κ1) is 23.3. The lowest BCUT2D eigenvalue weighted by Crippen LogP contribution is -2.27. The Balaban J connectivity index is 1.25. The van der Waals surface area contributed by atoms with Crippen LogP contribution in [0.25, 0.3) is 0 Å².